The monoisotopic (exact) mass is 268 g/mol. The van der Waals surface area contributed by atoms with Crippen LogP contribution in [0, 0.1) is 5.92 Å². The maximum absolute atomic E-state index is 5.72. The Balaban J connectivity index is 1.50. The molecule has 1 saturated carbocycles. The van der Waals surface area contributed by atoms with Gasteiger partial charge in [-0.1, -0.05) is 12.1 Å². The van der Waals surface area contributed by atoms with Gasteiger partial charge in [0.1, 0.15) is 5.75 Å². The first-order valence-electron chi connectivity index (χ1n) is 7.11. The van der Waals surface area contributed by atoms with E-state index in [-0.39, 0.29) is 0 Å². The summed E-state index contributed by atoms with van der Waals surface area (Å²) in [4.78, 5) is 0. The molecule has 0 radical (unpaired) electrons. The Morgan fingerprint density at radius 1 is 1.00 bits per heavy atom. The van der Waals surface area contributed by atoms with Crippen molar-refractivity contribution < 1.29 is 4.74 Å². The summed E-state index contributed by atoms with van der Waals surface area (Å²) in [6.07, 6.45) is 2.64. The molecule has 3 N–H and O–H groups in total. The van der Waals surface area contributed by atoms with Crippen molar-refractivity contribution in [2.75, 3.05) is 17.7 Å². The second kappa shape index (κ2) is 5.87. The minimum Gasteiger partial charge on any atom is -0.493 e. The molecule has 3 heteroatoms. The zero-order valence-corrected chi connectivity index (χ0v) is 11.5. The zero-order chi connectivity index (χ0) is 13.8. The predicted molar refractivity (Wildman–Crippen MR) is 82.8 cm³/mol. The molecule has 0 heterocycles. The van der Waals surface area contributed by atoms with Gasteiger partial charge in [-0.25, -0.2) is 0 Å². The number of hydrogen-bond donors (Lipinski definition) is 2. The van der Waals surface area contributed by atoms with E-state index in [4.69, 9.17) is 10.5 Å². The van der Waals surface area contributed by atoms with Crippen molar-refractivity contribution in [3.8, 4) is 5.75 Å². The quantitative estimate of drug-likeness (QED) is 0.786. The van der Waals surface area contributed by atoms with Crippen molar-refractivity contribution >= 4 is 11.4 Å². The third-order valence-electron chi connectivity index (χ3n) is 3.51. The summed E-state index contributed by atoms with van der Waals surface area (Å²) < 4.78 is 5.72. The van der Waals surface area contributed by atoms with Crippen LogP contribution in [0.1, 0.15) is 18.4 Å². The summed E-state index contributed by atoms with van der Waals surface area (Å²) in [5, 5.41) is 3.39. The summed E-state index contributed by atoms with van der Waals surface area (Å²) in [5.74, 6) is 1.74. The molecule has 0 atom stereocenters. The molecule has 3 nitrogen and oxygen atoms in total. The predicted octanol–water partition coefficient (Wildman–Crippen LogP) is 3.67. The molecule has 2 aromatic rings. The van der Waals surface area contributed by atoms with Crippen LogP contribution in [0.25, 0.3) is 0 Å². The molecule has 20 heavy (non-hydrogen) atoms. The van der Waals surface area contributed by atoms with E-state index in [9.17, 15) is 0 Å². The van der Waals surface area contributed by atoms with Gasteiger partial charge in [-0.3, -0.25) is 0 Å². The number of ether oxygens (including phenoxy) is 1. The van der Waals surface area contributed by atoms with E-state index in [0.29, 0.717) is 0 Å². The van der Waals surface area contributed by atoms with Crippen molar-refractivity contribution in [3.63, 3.8) is 0 Å². The third-order valence-corrected chi connectivity index (χ3v) is 3.51. The molecule has 2 aromatic carbocycles. The van der Waals surface area contributed by atoms with Crippen LogP contribution in [0.3, 0.4) is 0 Å². The fourth-order valence-electron chi connectivity index (χ4n) is 2.01. The van der Waals surface area contributed by atoms with Crippen LogP contribution < -0.4 is 15.8 Å². The summed E-state index contributed by atoms with van der Waals surface area (Å²) in [6, 6.07) is 16.1. The summed E-state index contributed by atoms with van der Waals surface area (Å²) in [6.45, 7) is 1.65. The first kappa shape index (κ1) is 12.9. The molecular weight excluding hydrogens is 248 g/mol. The van der Waals surface area contributed by atoms with Crippen LogP contribution in [0.4, 0.5) is 11.4 Å². The highest BCUT2D eigenvalue weighted by Gasteiger charge is 2.21. The van der Waals surface area contributed by atoms with Gasteiger partial charge in [0.2, 0.25) is 0 Å². The lowest BCUT2D eigenvalue weighted by molar-refractivity contribution is 0.300. The standard InChI is InChI=1S/C17H20N2O/c18-15-5-3-13(4-6-15)11-19-16-7-9-17(10-8-16)20-12-14-1-2-14/h3-10,14,19H,1-2,11-12,18H2. The number of hydrogen-bond acceptors (Lipinski definition) is 3. The molecule has 1 aliphatic rings. The largest absolute Gasteiger partial charge is 0.493 e. The average molecular weight is 268 g/mol. The highest BCUT2D eigenvalue weighted by atomic mass is 16.5. The second-order valence-electron chi connectivity index (χ2n) is 5.37. The van der Waals surface area contributed by atoms with Crippen molar-refractivity contribution in [2.24, 2.45) is 5.92 Å². The first-order valence-corrected chi connectivity index (χ1v) is 7.11. The maximum Gasteiger partial charge on any atom is 0.119 e. The molecule has 0 aliphatic heterocycles. The molecule has 0 spiro atoms. The van der Waals surface area contributed by atoms with Crippen molar-refractivity contribution in [1.29, 1.82) is 0 Å². The molecule has 1 fully saturated rings. The van der Waals surface area contributed by atoms with E-state index in [2.05, 4.69) is 17.4 Å². The van der Waals surface area contributed by atoms with Gasteiger partial charge in [-0.15, -0.1) is 0 Å². The Morgan fingerprint density at radius 3 is 2.35 bits per heavy atom. The Hall–Kier alpha value is -2.16. The molecule has 0 bridgehead atoms. The molecule has 104 valence electrons. The number of benzene rings is 2. The van der Waals surface area contributed by atoms with Crippen LogP contribution in [0.5, 0.6) is 5.75 Å². The number of nitrogens with one attached hydrogen (secondary N) is 1. The first-order chi connectivity index (χ1) is 9.79. The summed E-state index contributed by atoms with van der Waals surface area (Å²) in [7, 11) is 0. The van der Waals surface area contributed by atoms with Gasteiger partial charge in [-0.2, -0.15) is 0 Å². The van der Waals surface area contributed by atoms with Crippen molar-refractivity contribution in [2.45, 2.75) is 19.4 Å². The van der Waals surface area contributed by atoms with Gasteiger partial charge in [0.25, 0.3) is 0 Å². The van der Waals surface area contributed by atoms with Gasteiger partial charge < -0.3 is 15.8 Å². The molecule has 0 unspecified atom stereocenters. The number of rotatable bonds is 6. The van der Waals surface area contributed by atoms with Crippen molar-refractivity contribution in [1.82, 2.24) is 0 Å². The van der Waals surface area contributed by atoms with E-state index < -0.39 is 0 Å². The molecule has 0 amide bonds. The normalized spacial score (nSPS) is 14.0. The summed E-state index contributed by atoms with van der Waals surface area (Å²) in [5.41, 5.74) is 8.78. The SMILES string of the molecule is Nc1ccc(CNc2ccc(OCC3CC3)cc2)cc1. The molecule has 0 aromatic heterocycles. The average Bonchev–Trinajstić information content (AvgIpc) is 3.30. The van der Waals surface area contributed by atoms with Crippen LogP contribution in [-0.4, -0.2) is 6.61 Å². The lowest BCUT2D eigenvalue weighted by Crippen LogP contribution is -2.01. The van der Waals surface area contributed by atoms with E-state index >= 15 is 0 Å². The lowest BCUT2D eigenvalue weighted by atomic mass is 10.2. The Labute approximate surface area is 119 Å². The van der Waals surface area contributed by atoms with E-state index in [1.807, 2.05) is 36.4 Å². The van der Waals surface area contributed by atoms with Crippen LogP contribution in [0.2, 0.25) is 0 Å². The second-order valence-corrected chi connectivity index (χ2v) is 5.37. The molecule has 1 aliphatic carbocycles. The van der Waals surface area contributed by atoms with Gasteiger partial charge in [0.15, 0.2) is 0 Å². The van der Waals surface area contributed by atoms with E-state index in [1.54, 1.807) is 0 Å². The lowest BCUT2D eigenvalue weighted by Gasteiger charge is -2.09. The van der Waals surface area contributed by atoms with Gasteiger partial charge >= 0.3 is 0 Å². The van der Waals surface area contributed by atoms with Crippen LogP contribution >= 0.6 is 0 Å². The maximum atomic E-state index is 5.72. The third kappa shape index (κ3) is 3.67. The molecule has 3 rings (SSSR count). The number of nitrogen functional groups attached to an aromatic ring is 1. The molecular formula is C17H20N2O. The highest BCUT2D eigenvalue weighted by Crippen LogP contribution is 2.29. The van der Waals surface area contributed by atoms with E-state index in [0.717, 1.165) is 36.2 Å². The Morgan fingerprint density at radius 2 is 1.70 bits per heavy atom. The Bertz CT molecular complexity index is 544. The fraction of sp³-hybridized carbons (Fsp3) is 0.294. The smallest absolute Gasteiger partial charge is 0.119 e. The van der Waals surface area contributed by atoms with Crippen LogP contribution in [-0.2, 0) is 6.54 Å². The zero-order valence-electron chi connectivity index (χ0n) is 11.5. The topological polar surface area (TPSA) is 47.3 Å². The van der Waals surface area contributed by atoms with E-state index in [1.165, 1.54) is 18.4 Å². The highest BCUT2D eigenvalue weighted by molar-refractivity contribution is 5.47. The summed E-state index contributed by atoms with van der Waals surface area (Å²) >= 11 is 0. The van der Waals surface area contributed by atoms with Gasteiger partial charge in [0, 0.05) is 17.9 Å². The van der Waals surface area contributed by atoms with Gasteiger partial charge in [0.05, 0.1) is 6.61 Å². The minimum atomic E-state index is 0.790. The molecule has 0 saturated heterocycles. The van der Waals surface area contributed by atoms with Crippen LogP contribution in [0.15, 0.2) is 48.5 Å². The van der Waals surface area contributed by atoms with Crippen molar-refractivity contribution in [3.05, 3.63) is 54.1 Å². The Kier molecular flexibility index (Phi) is 3.77. The number of nitrogens with two attached hydrogens (primary N) is 1. The fourth-order valence-corrected chi connectivity index (χ4v) is 2.01. The van der Waals surface area contributed by atoms with Gasteiger partial charge in [-0.05, 0) is 60.7 Å². The number of anilines is 2. The minimum absolute atomic E-state index is 0.790.